The van der Waals surface area contributed by atoms with Gasteiger partial charge in [0.25, 0.3) is 0 Å². The van der Waals surface area contributed by atoms with E-state index in [0.29, 0.717) is 5.56 Å². The zero-order valence-corrected chi connectivity index (χ0v) is 14.0. The summed E-state index contributed by atoms with van der Waals surface area (Å²) in [6.45, 7) is 0. The minimum Gasteiger partial charge on any atom is -0.236 e. The van der Waals surface area contributed by atoms with Crippen molar-refractivity contribution in [3.05, 3.63) is 64.9 Å². The molecule has 0 radical (unpaired) electrons. The molecule has 24 heavy (non-hydrogen) atoms. The maximum Gasteiger partial charge on any atom is 0.124 e. The van der Waals surface area contributed by atoms with Gasteiger partial charge in [0.1, 0.15) is 10.7 Å². The van der Waals surface area contributed by atoms with Crippen LogP contribution in [0, 0.1) is 11.3 Å². The first-order valence-corrected chi connectivity index (χ1v) is 8.89. The summed E-state index contributed by atoms with van der Waals surface area (Å²) in [6, 6.07) is 17.8. The summed E-state index contributed by atoms with van der Waals surface area (Å²) in [5.74, 6) is 0. The lowest BCUT2D eigenvalue weighted by Crippen LogP contribution is -1.82. The maximum absolute atomic E-state index is 8.87. The van der Waals surface area contributed by atoms with Crippen LogP contribution in [0.25, 0.3) is 33.1 Å². The molecular formula is C18H10N4S2. The molecule has 4 aromatic rings. The molecule has 114 valence electrons. The molecule has 0 aliphatic rings. The largest absolute Gasteiger partial charge is 0.236 e. The second-order valence-electron chi connectivity index (χ2n) is 5.09. The van der Waals surface area contributed by atoms with Crippen LogP contribution in [0.1, 0.15) is 5.56 Å². The van der Waals surface area contributed by atoms with Gasteiger partial charge in [0.05, 0.1) is 17.3 Å². The van der Waals surface area contributed by atoms with Crippen molar-refractivity contribution in [2.24, 2.45) is 0 Å². The van der Waals surface area contributed by atoms with Crippen LogP contribution in [0.3, 0.4) is 0 Å². The lowest BCUT2D eigenvalue weighted by atomic mass is 10.1. The van der Waals surface area contributed by atoms with Gasteiger partial charge in [0, 0.05) is 27.5 Å². The number of thiazole rings is 1. The number of rotatable bonds is 3. The highest BCUT2D eigenvalue weighted by Gasteiger charge is 2.08. The van der Waals surface area contributed by atoms with Gasteiger partial charge in [-0.3, -0.25) is 0 Å². The third-order valence-electron chi connectivity index (χ3n) is 3.60. The van der Waals surface area contributed by atoms with Crippen LogP contribution in [-0.4, -0.2) is 14.6 Å². The summed E-state index contributed by atoms with van der Waals surface area (Å²) < 4.78 is 3.89. The van der Waals surface area contributed by atoms with Crippen molar-refractivity contribution >= 4 is 22.9 Å². The van der Waals surface area contributed by atoms with Gasteiger partial charge >= 0.3 is 0 Å². The van der Waals surface area contributed by atoms with Crippen LogP contribution in [0.4, 0.5) is 0 Å². The zero-order valence-electron chi connectivity index (χ0n) is 12.4. The molecule has 0 amide bonds. The van der Waals surface area contributed by atoms with Gasteiger partial charge in [-0.2, -0.15) is 5.26 Å². The highest BCUT2D eigenvalue weighted by Crippen LogP contribution is 2.30. The molecule has 0 saturated carbocycles. The highest BCUT2D eigenvalue weighted by atomic mass is 32.1. The van der Waals surface area contributed by atoms with Crippen molar-refractivity contribution in [2.75, 3.05) is 0 Å². The third kappa shape index (κ3) is 2.83. The Hall–Kier alpha value is -2.88. The molecule has 2 heterocycles. The topological polar surface area (TPSA) is 62.5 Å². The van der Waals surface area contributed by atoms with Gasteiger partial charge in [-0.1, -0.05) is 40.9 Å². The van der Waals surface area contributed by atoms with Crippen LogP contribution in [0.2, 0.25) is 0 Å². The second-order valence-corrected chi connectivity index (χ2v) is 6.56. The fraction of sp³-hybridized carbons (Fsp3) is 0. The molecule has 0 aliphatic heterocycles. The second kappa shape index (κ2) is 6.32. The van der Waals surface area contributed by atoms with Crippen molar-refractivity contribution in [3.8, 4) is 39.2 Å². The van der Waals surface area contributed by atoms with Gasteiger partial charge < -0.3 is 0 Å². The lowest BCUT2D eigenvalue weighted by Gasteiger charge is -1.99. The minimum absolute atomic E-state index is 0.654. The third-order valence-corrected chi connectivity index (χ3v) is 5.00. The van der Waals surface area contributed by atoms with E-state index in [1.807, 2.05) is 47.2 Å². The Morgan fingerprint density at radius 3 is 2.12 bits per heavy atom. The SMILES string of the molecule is N#Cc1ccc(-c2csc(-c3ccc(-c4csnn4)cc3)n2)cc1. The number of benzene rings is 2. The Bertz CT molecular complexity index is 995. The van der Waals surface area contributed by atoms with Crippen molar-refractivity contribution in [2.45, 2.75) is 0 Å². The minimum atomic E-state index is 0.654. The van der Waals surface area contributed by atoms with Crippen LogP contribution >= 0.6 is 22.9 Å². The average Bonchev–Trinajstić information content (AvgIpc) is 3.34. The van der Waals surface area contributed by atoms with Gasteiger partial charge in [-0.25, -0.2) is 4.98 Å². The van der Waals surface area contributed by atoms with E-state index in [1.165, 1.54) is 11.5 Å². The van der Waals surface area contributed by atoms with Crippen LogP contribution in [0.5, 0.6) is 0 Å². The predicted octanol–water partition coefficient (Wildman–Crippen LogP) is 4.87. The Labute approximate surface area is 146 Å². The number of aromatic nitrogens is 3. The molecule has 2 aromatic heterocycles. The van der Waals surface area contributed by atoms with Crippen molar-refractivity contribution in [3.63, 3.8) is 0 Å². The van der Waals surface area contributed by atoms with Gasteiger partial charge in [0.15, 0.2) is 0 Å². The first-order valence-electron chi connectivity index (χ1n) is 7.17. The zero-order chi connectivity index (χ0) is 16.4. The van der Waals surface area contributed by atoms with E-state index in [9.17, 15) is 0 Å². The maximum atomic E-state index is 8.87. The van der Waals surface area contributed by atoms with Gasteiger partial charge in [-0.05, 0) is 23.7 Å². The van der Waals surface area contributed by atoms with Crippen LogP contribution < -0.4 is 0 Å². The molecule has 0 spiro atoms. The fourth-order valence-electron chi connectivity index (χ4n) is 2.33. The van der Waals surface area contributed by atoms with Gasteiger partial charge in [-0.15, -0.1) is 16.4 Å². The smallest absolute Gasteiger partial charge is 0.124 e. The van der Waals surface area contributed by atoms with Crippen LogP contribution in [0.15, 0.2) is 59.3 Å². The molecule has 0 unspecified atom stereocenters. The van der Waals surface area contributed by atoms with Crippen molar-refractivity contribution < 1.29 is 0 Å². The van der Waals surface area contributed by atoms with E-state index in [-0.39, 0.29) is 0 Å². The normalized spacial score (nSPS) is 10.5. The Balaban J connectivity index is 1.61. The monoisotopic (exact) mass is 346 g/mol. The van der Waals surface area contributed by atoms with E-state index < -0.39 is 0 Å². The Kier molecular flexibility index (Phi) is 3.87. The Morgan fingerprint density at radius 1 is 0.792 bits per heavy atom. The quantitative estimate of drug-likeness (QED) is 0.531. The Morgan fingerprint density at radius 2 is 1.46 bits per heavy atom. The fourth-order valence-corrected chi connectivity index (χ4v) is 3.63. The molecule has 4 rings (SSSR count). The molecule has 0 saturated heterocycles. The number of nitriles is 1. The summed E-state index contributed by atoms with van der Waals surface area (Å²) >= 11 is 2.96. The molecule has 0 bridgehead atoms. The van der Waals surface area contributed by atoms with Crippen molar-refractivity contribution in [1.82, 2.24) is 14.6 Å². The van der Waals surface area contributed by atoms with E-state index in [0.717, 1.165) is 33.1 Å². The molecule has 6 heteroatoms. The number of nitrogens with zero attached hydrogens (tertiary/aromatic N) is 4. The molecule has 0 fully saturated rings. The van der Waals surface area contributed by atoms with Crippen LogP contribution in [-0.2, 0) is 0 Å². The van der Waals surface area contributed by atoms with E-state index in [1.54, 1.807) is 11.3 Å². The summed E-state index contributed by atoms with van der Waals surface area (Å²) in [4.78, 5) is 4.71. The van der Waals surface area contributed by atoms with E-state index in [2.05, 4.69) is 27.8 Å². The lowest BCUT2D eigenvalue weighted by molar-refractivity contribution is 1.16. The number of hydrogen-bond donors (Lipinski definition) is 0. The predicted molar refractivity (Wildman–Crippen MR) is 96.6 cm³/mol. The molecule has 2 aromatic carbocycles. The van der Waals surface area contributed by atoms with Crippen molar-refractivity contribution in [1.29, 1.82) is 5.26 Å². The average molecular weight is 346 g/mol. The molecule has 0 N–H and O–H groups in total. The molecule has 0 aliphatic carbocycles. The summed E-state index contributed by atoms with van der Waals surface area (Å²) in [6.07, 6.45) is 0. The highest BCUT2D eigenvalue weighted by molar-refractivity contribution is 7.13. The number of hydrogen-bond acceptors (Lipinski definition) is 6. The molecular weight excluding hydrogens is 336 g/mol. The first kappa shape index (κ1) is 14.7. The summed E-state index contributed by atoms with van der Waals surface area (Å²) in [7, 11) is 0. The van der Waals surface area contributed by atoms with E-state index in [4.69, 9.17) is 10.2 Å². The summed E-state index contributed by atoms with van der Waals surface area (Å²) in [5.41, 5.74) is 5.61. The molecule has 0 atom stereocenters. The first-order chi connectivity index (χ1) is 11.8. The molecule has 4 nitrogen and oxygen atoms in total. The van der Waals surface area contributed by atoms with Gasteiger partial charge in [0.2, 0.25) is 0 Å². The standard InChI is InChI=1S/C18H10N4S2/c19-9-12-1-3-13(4-2-12)16-10-23-18(20-16)15-7-5-14(6-8-15)17-11-24-22-21-17/h1-8,10-11H. The van der Waals surface area contributed by atoms with E-state index >= 15 is 0 Å². The summed E-state index contributed by atoms with van der Waals surface area (Å²) in [5, 5.41) is 17.9.